The lowest BCUT2D eigenvalue weighted by Gasteiger charge is -2.23. The number of hydrogen-bond donors (Lipinski definition) is 0. The Bertz CT molecular complexity index is 425. The van der Waals surface area contributed by atoms with Gasteiger partial charge in [-0.2, -0.15) is 0 Å². The number of benzene rings is 1. The molecule has 2 rings (SSSR count). The fourth-order valence-corrected chi connectivity index (χ4v) is 2.66. The van der Waals surface area contributed by atoms with Gasteiger partial charge in [0.15, 0.2) is 0 Å². The maximum atomic E-state index is 5.45. The molecule has 1 fully saturated rings. The van der Waals surface area contributed by atoms with Gasteiger partial charge >= 0.3 is 0 Å². The Morgan fingerprint density at radius 3 is 2.47 bits per heavy atom. The molecule has 2 nitrogen and oxygen atoms in total. The molecule has 0 amide bonds. The van der Waals surface area contributed by atoms with Gasteiger partial charge in [0.2, 0.25) is 0 Å². The molecule has 104 valence electrons. The average molecular weight is 259 g/mol. The maximum Gasteiger partial charge on any atom is 0.129 e. The second kappa shape index (κ2) is 6.23. The quantitative estimate of drug-likeness (QED) is 0.560. The Kier molecular flexibility index (Phi) is 4.62. The molecule has 1 aliphatic rings. The van der Waals surface area contributed by atoms with Crippen molar-refractivity contribution in [2.45, 2.75) is 64.4 Å². The minimum Gasteiger partial charge on any atom is -0.390 e. The molecule has 0 atom stereocenters. The van der Waals surface area contributed by atoms with Gasteiger partial charge in [0.05, 0.1) is 6.21 Å². The zero-order valence-corrected chi connectivity index (χ0v) is 12.4. The first-order valence-electron chi connectivity index (χ1n) is 7.37. The van der Waals surface area contributed by atoms with Gasteiger partial charge in [0, 0.05) is 0 Å². The van der Waals surface area contributed by atoms with Gasteiger partial charge in [0.1, 0.15) is 5.60 Å². The summed E-state index contributed by atoms with van der Waals surface area (Å²) in [6, 6.07) is 8.59. The van der Waals surface area contributed by atoms with Gasteiger partial charge in [-0.25, -0.2) is 0 Å². The van der Waals surface area contributed by atoms with Gasteiger partial charge in [-0.05, 0) is 50.7 Å². The Morgan fingerprint density at radius 2 is 1.79 bits per heavy atom. The van der Waals surface area contributed by atoms with Crippen molar-refractivity contribution in [3.05, 3.63) is 35.4 Å². The van der Waals surface area contributed by atoms with Crippen molar-refractivity contribution in [2.24, 2.45) is 5.16 Å². The highest BCUT2D eigenvalue weighted by Crippen LogP contribution is 2.33. The van der Waals surface area contributed by atoms with E-state index in [0.29, 0.717) is 5.92 Å². The van der Waals surface area contributed by atoms with Gasteiger partial charge < -0.3 is 4.84 Å². The van der Waals surface area contributed by atoms with Crippen LogP contribution < -0.4 is 0 Å². The molecule has 1 aromatic carbocycles. The van der Waals surface area contributed by atoms with E-state index in [1.165, 1.54) is 43.2 Å². The molecule has 0 aliphatic heterocycles. The molecule has 19 heavy (non-hydrogen) atoms. The van der Waals surface area contributed by atoms with Crippen molar-refractivity contribution in [1.29, 1.82) is 0 Å². The normalized spacial score (nSPS) is 17.8. The van der Waals surface area contributed by atoms with Crippen LogP contribution in [0.15, 0.2) is 29.4 Å². The van der Waals surface area contributed by atoms with Crippen molar-refractivity contribution in [1.82, 2.24) is 0 Å². The summed E-state index contributed by atoms with van der Waals surface area (Å²) >= 11 is 0. The average Bonchev–Trinajstić information content (AvgIpc) is 2.39. The van der Waals surface area contributed by atoms with Crippen LogP contribution in [0.1, 0.15) is 69.9 Å². The summed E-state index contributed by atoms with van der Waals surface area (Å²) in [7, 11) is 0. The van der Waals surface area contributed by atoms with Crippen LogP contribution in [-0.4, -0.2) is 11.8 Å². The van der Waals surface area contributed by atoms with Gasteiger partial charge in [-0.1, -0.05) is 48.7 Å². The molecule has 2 heteroatoms. The Labute approximate surface area is 116 Å². The fraction of sp³-hybridized carbons (Fsp3) is 0.588. The van der Waals surface area contributed by atoms with Crippen molar-refractivity contribution < 1.29 is 4.84 Å². The van der Waals surface area contributed by atoms with Gasteiger partial charge in [-0.15, -0.1) is 0 Å². The summed E-state index contributed by atoms with van der Waals surface area (Å²) in [5, 5.41) is 4.14. The third-order valence-electron chi connectivity index (χ3n) is 3.56. The minimum absolute atomic E-state index is 0.226. The van der Waals surface area contributed by atoms with Crippen LogP contribution in [0.25, 0.3) is 0 Å². The van der Waals surface area contributed by atoms with Gasteiger partial charge in [-0.3, -0.25) is 0 Å². The number of hydrogen-bond acceptors (Lipinski definition) is 2. The van der Waals surface area contributed by atoms with Gasteiger partial charge in [0.25, 0.3) is 0 Å². The highest BCUT2D eigenvalue weighted by Gasteiger charge is 2.17. The monoisotopic (exact) mass is 259 g/mol. The molecule has 1 saturated carbocycles. The zero-order valence-electron chi connectivity index (χ0n) is 12.4. The molecule has 0 spiro atoms. The van der Waals surface area contributed by atoms with E-state index in [2.05, 4.69) is 29.4 Å². The van der Waals surface area contributed by atoms with E-state index < -0.39 is 0 Å². The summed E-state index contributed by atoms with van der Waals surface area (Å²) in [5.41, 5.74) is 2.41. The number of rotatable bonds is 3. The van der Waals surface area contributed by atoms with Crippen molar-refractivity contribution in [3.8, 4) is 0 Å². The summed E-state index contributed by atoms with van der Waals surface area (Å²) in [6.45, 7) is 6.03. The van der Waals surface area contributed by atoms with Crippen LogP contribution >= 0.6 is 0 Å². The molecule has 0 N–H and O–H groups in total. The standard InChI is InChI=1S/C17H25NO/c1-17(2,3)19-18-13-15-11-7-8-12-16(15)14-9-5-4-6-10-14/h7-8,11-14H,4-6,9-10H2,1-3H3. The lowest BCUT2D eigenvalue weighted by Crippen LogP contribution is -2.15. The van der Waals surface area contributed by atoms with E-state index in [1.807, 2.05) is 27.0 Å². The predicted octanol–water partition coefficient (Wildman–Crippen LogP) is 4.88. The third kappa shape index (κ3) is 4.38. The molecular formula is C17H25NO. The molecule has 0 radical (unpaired) electrons. The van der Waals surface area contributed by atoms with Crippen LogP contribution in [0, 0.1) is 0 Å². The summed E-state index contributed by atoms with van der Waals surface area (Å²) < 4.78 is 0. The first kappa shape index (κ1) is 14.1. The minimum atomic E-state index is -0.226. The lowest BCUT2D eigenvalue weighted by atomic mass is 9.82. The largest absolute Gasteiger partial charge is 0.390 e. The van der Waals surface area contributed by atoms with E-state index in [4.69, 9.17) is 4.84 Å². The highest BCUT2D eigenvalue weighted by atomic mass is 16.6. The maximum absolute atomic E-state index is 5.45. The molecule has 0 unspecified atom stereocenters. The van der Waals surface area contributed by atoms with Crippen LogP contribution in [-0.2, 0) is 4.84 Å². The first-order chi connectivity index (χ1) is 9.06. The highest BCUT2D eigenvalue weighted by molar-refractivity contribution is 5.81. The smallest absolute Gasteiger partial charge is 0.129 e. The summed E-state index contributed by atoms with van der Waals surface area (Å²) in [4.78, 5) is 5.45. The Morgan fingerprint density at radius 1 is 1.11 bits per heavy atom. The second-order valence-corrected chi connectivity index (χ2v) is 6.40. The first-order valence-corrected chi connectivity index (χ1v) is 7.37. The number of nitrogens with zero attached hydrogens (tertiary/aromatic N) is 1. The van der Waals surface area contributed by atoms with Crippen LogP contribution in [0.3, 0.4) is 0 Å². The second-order valence-electron chi connectivity index (χ2n) is 6.40. The van der Waals surface area contributed by atoms with Crippen molar-refractivity contribution >= 4 is 6.21 Å². The Hall–Kier alpha value is -1.31. The van der Waals surface area contributed by atoms with Crippen LogP contribution in [0.2, 0.25) is 0 Å². The third-order valence-corrected chi connectivity index (χ3v) is 3.56. The molecule has 0 saturated heterocycles. The van der Waals surface area contributed by atoms with Crippen LogP contribution in [0.5, 0.6) is 0 Å². The van der Waals surface area contributed by atoms with E-state index in [1.54, 1.807) is 0 Å². The zero-order chi connectivity index (χ0) is 13.7. The molecule has 0 bridgehead atoms. The summed E-state index contributed by atoms with van der Waals surface area (Å²) in [5.74, 6) is 0.700. The summed E-state index contributed by atoms with van der Waals surface area (Å²) in [6.07, 6.45) is 8.59. The van der Waals surface area contributed by atoms with E-state index in [-0.39, 0.29) is 5.60 Å². The van der Waals surface area contributed by atoms with E-state index >= 15 is 0 Å². The molecule has 1 aromatic rings. The van der Waals surface area contributed by atoms with Crippen molar-refractivity contribution in [3.63, 3.8) is 0 Å². The van der Waals surface area contributed by atoms with Crippen molar-refractivity contribution in [2.75, 3.05) is 0 Å². The van der Waals surface area contributed by atoms with Crippen LogP contribution in [0.4, 0.5) is 0 Å². The molecule has 1 aliphatic carbocycles. The fourth-order valence-electron chi connectivity index (χ4n) is 2.66. The number of oxime groups is 1. The SMILES string of the molecule is CC(C)(C)ON=Cc1ccccc1C1CCCCC1. The van der Waals surface area contributed by atoms with E-state index in [9.17, 15) is 0 Å². The topological polar surface area (TPSA) is 21.6 Å². The predicted molar refractivity (Wildman–Crippen MR) is 80.7 cm³/mol. The molecule has 0 heterocycles. The van der Waals surface area contributed by atoms with E-state index in [0.717, 1.165) is 0 Å². The lowest BCUT2D eigenvalue weighted by molar-refractivity contribution is 0.00198. The molecular weight excluding hydrogens is 234 g/mol. The Balaban J connectivity index is 2.11. The molecule has 0 aromatic heterocycles.